The van der Waals surface area contributed by atoms with Crippen molar-refractivity contribution >= 4 is 11.6 Å². The van der Waals surface area contributed by atoms with E-state index >= 15 is 0 Å². The second-order valence-corrected chi connectivity index (χ2v) is 3.76. The van der Waals surface area contributed by atoms with E-state index in [-0.39, 0.29) is 0 Å². The maximum atomic E-state index is 9.12. The van der Waals surface area contributed by atoms with Crippen LogP contribution in [0.5, 0.6) is 0 Å². The van der Waals surface area contributed by atoms with Gasteiger partial charge in [-0.2, -0.15) is 5.26 Å². The Morgan fingerprint density at radius 2 is 2.17 bits per heavy atom. The van der Waals surface area contributed by atoms with Crippen LogP contribution >= 0.6 is 0 Å². The van der Waals surface area contributed by atoms with Gasteiger partial charge in [-0.1, -0.05) is 6.92 Å². The number of nitrogens with two attached hydrogens (primary N) is 1. The van der Waals surface area contributed by atoms with Gasteiger partial charge in [0.2, 0.25) is 0 Å². The molecule has 3 N–H and O–H groups in total. The van der Waals surface area contributed by atoms with Gasteiger partial charge in [-0.05, 0) is 18.6 Å². The van der Waals surface area contributed by atoms with Crippen molar-refractivity contribution < 1.29 is 0 Å². The third kappa shape index (κ3) is 2.11. The van der Waals surface area contributed by atoms with Crippen LogP contribution in [0, 0.1) is 11.3 Å². The molecular formula is C12H14N6. The largest absolute Gasteiger partial charge is 0.382 e. The number of aromatic nitrogens is 3. The first-order valence-electron chi connectivity index (χ1n) is 5.70. The highest BCUT2D eigenvalue weighted by Gasteiger charge is 2.15. The minimum absolute atomic E-state index is 0.335. The van der Waals surface area contributed by atoms with E-state index in [9.17, 15) is 0 Å². The van der Waals surface area contributed by atoms with Crippen LogP contribution < -0.4 is 11.1 Å². The van der Waals surface area contributed by atoms with Gasteiger partial charge >= 0.3 is 0 Å². The van der Waals surface area contributed by atoms with Crippen molar-refractivity contribution in [1.82, 2.24) is 14.8 Å². The van der Waals surface area contributed by atoms with Gasteiger partial charge in [0.15, 0.2) is 5.82 Å². The molecule has 0 aliphatic heterocycles. The van der Waals surface area contributed by atoms with Crippen LogP contribution in [-0.4, -0.2) is 21.3 Å². The topological polar surface area (TPSA) is 92.6 Å². The second kappa shape index (κ2) is 5.19. The highest BCUT2D eigenvalue weighted by atomic mass is 15.3. The number of nitrogen functional groups attached to an aromatic ring is 1. The first-order valence-corrected chi connectivity index (χ1v) is 5.70. The van der Waals surface area contributed by atoms with Crippen molar-refractivity contribution in [2.75, 3.05) is 17.6 Å². The maximum Gasteiger partial charge on any atom is 0.168 e. The molecule has 0 unspecified atom stereocenters. The first kappa shape index (κ1) is 11.9. The fraction of sp³-hybridized carbons (Fsp3) is 0.250. The second-order valence-electron chi connectivity index (χ2n) is 3.76. The summed E-state index contributed by atoms with van der Waals surface area (Å²) in [6.45, 7) is 2.80. The molecule has 0 bridgehead atoms. The Bertz CT molecular complexity index is 566. The predicted molar refractivity (Wildman–Crippen MR) is 69.3 cm³/mol. The molecule has 18 heavy (non-hydrogen) atoms. The number of anilines is 2. The van der Waals surface area contributed by atoms with Gasteiger partial charge in [0.25, 0.3) is 0 Å². The van der Waals surface area contributed by atoms with Crippen molar-refractivity contribution in [3.8, 4) is 11.8 Å². The van der Waals surface area contributed by atoms with Crippen LogP contribution in [0.2, 0.25) is 0 Å². The van der Waals surface area contributed by atoms with Crippen molar-refractivity contribution in [2.45, 2.75) is 13.3 Å². The van der Waals surface area contributed by atoms with E-state index in [1.165, 1.54) is 4.68 Å². The SMILES string of the molecule is CCCNc1nn(-c2ccncc2)c(N)c1C#N. The lowest BCUT2D eigenvalue weighted by Gasteiger charge is -2.02. The van der Waals surface area contributed by atoms with Crippen LogP contribution in [0.3, 0.4) is 0 Å². The lowest BCUT2D eigenvalue weighted by atomic mass is 10.3. The Hall–Kier alpha value is -2.55. The van der Waals surface area contributed by atoms with E-state index in [1.807, 2.05) is 6.92 Å². The molecule has 2 aromatic rings. The summed E-state index contributed by atoms with van der Waals surface area (Å²) in [5.41, 5.74) is 7.09. The zero-order valence-electron chi connectivity index (χ0n) is 10.1. The van der Waals surface area contributed by atoms with Crippen molar-refractivity contribution in [3.05, 3.63) is 30.1 Å². The summed E-state index contributed by atoms with van der Waals surface area (Å²) >= 11 is 0. The zero-order chi connectivity index (χ0) is 13.0. The molecule has 92 valence electrons. The Labute approximate surface area is 105 Å². The lowest BCUT2D eigenvalue weighted by Crippen LogP contribution is -2.03. The standard InChI is InChI=1S/C12H14N6/c1-2-5-16-12-10(8-13)11(14)18(17-12)9-3-6-15-7-4-9/h3-4,6-7H,2,5,14H2,1H3,(H,16,17). The van der Waals surface area contributed by atoms with Gasteiger partial charge < -0.3 is 11.1 Å². The molecular weight excluding hydrogens is 228 g/mol. The van der Waals surface area contributed by atoms with Crippen molar-refractivity contribution in [1.29, 1.82) is 5.26 Å². The van der Waals surface area contributed by atoms with E-state index in [0.29, 0.717) is 17.2 Å². The summed E-state index contributed by atoms with van der Waals surface area (Å²) < 4.78 is 1.54. The van der Waals surface area contributed by atoms with Gasteiger partial charge in [0, 0.05) is 18.9 Å². The molecule has 0 atom stereocenters. The van der Waals surface area contributed by atoms with Gasteiger partial charge in [-0.15, -0.1) is 5.10 Å². The van der Waals surface area contributed by atoms with Crippen LogP contribution in [0.25, 0.3) is 5.69 Å². The maximum absolute atomic E-state index is 9.12. The van der Waals surface area contributed by atoms with Crippen LogP contribution in [0.4, 0.5) is 11.6 Å². The normalized spacial score (nSPS) is 10.0. The molecule has 0 saturated carbocycles. The summed E-state index contributed by atoms with van der Waals surface area (Å²) in [5, 5.41) is 16.5. The minimum Gasteiger partial charge on any atom is -0.382 e. The van der Waals surface area contributed by atoms with E-state index in [0.717, 1.165) is 18.7 Å². The summed E-state index contributed by atoms with van der Waals surface area (Å²) in [7, 11) is 0. The fourth-order valence-corrected chi connectivity index (χ4v) is 1.59. The van der Waals surface area contributed by atoms with Gasteiger partial charge in [-0.3, -0.25) is 4.98 Å². The molecule has 6 heteroatoms. The third-order valence-electron chi connectivity index (χ3n) is 2.48. The summed E-state index contributed by atoms with van der Waals surface area (Å²) in [6, 6.07) is 5.65. The monoisotopic (exact) mass is 242 g/mol. The molecule has 2 heterocycles. The molecule has 0 aliphatic rings. The zero-order valence-corrected chi connectivity index (χ0v) is 10.1. The molecule has 2 aromatic heterocycles. The van der Waals surface area contributed by atoms with Gasteiger partial charge in [0.1, 0.15) is 17.5 Å². The lowest BCUT2D eigenvalue weighted by molar-refractivity contribution is 0.878. The van der Waals surface area contributed by atoms with Crippen molar-refractivity contribution in [3.63, 3.8) is 0 Å². The third-order valence-corrected chi connectivity index (χ3v) is 2.48. The number of nitrogens with one attached hydrogen (secondary N) is 1. The number of hydrogen-bond donors (Lipinski definition) is 2. The summed E-state index contributed by atoms with van der Waals surface area (Å²) in [6.07, 6.45) is 4.26. The average Bonchev–Trinajstić information content (AvgIpc) is 2.73. The number of pyridine rings is 1. The molecule has 0 aromatic carbocycles. The summed E-state index contributed by atoms with van der Waals surface area (Å²) in [5.74, 6) is 0.857. The highest BCUT2D eigenvalue weighted by Crippen LogP contribution is 2.23. The molecule has 6 nitrogen and oxygen atoms in total. The first-order chi connectivity index (χ1) is 8.77. The molecule has 0 amide bonds. The number of nitrogens with zero attached hydrogens (tertiary/aromatic N) is 4. The van der Waals surface area contributed by atoms with E-state index in [4.69, 9.17) is 11.0 Å². The van der Waals surface area contributed by atoms with Gasteiger partial charge in [-0.25, -0.2) is 4.68 Å². The Balaban J connectivity index is 2.44. The average molecular weight is 242 g/mol. The Morgan fingerprint density at radius 1 is 1.44 bits per heavy atom. The van der Waals surface area contributed by atoms with Crippen LogP contribution in [-0.2, 0) is 0 Å². The fourth-order valence-electron chi connectivity index (χ4n) is 1.59. The number of rotatable bonds is 4. The molecule has 0 radical (unpaired) electrons. The van der Waals surface area contributed by atoms with E-state index in [1.54, 1.807) is 24.5 Å². The summed E-state index contributed by atoms with van der Waals surface area (Å²) in [4.78, 5) is 3.94. The van der Waals surface area contributed by atoms with Crippen molar-refractivity contribution in [2.24, 2.45) is 0 Å². The van der Waals surface area contributed by atoms with Crippen LogP contribution in [0.1, 0.15) is 18.9 Å². The predicted octanol–water partition coefficient (Wildman–Crippen LogP) is 1.54. The number of nitriles is 1. The van der Waals surface area contributed by atoms with E-state index in [2.05, 4.69) is 21.5 Å². The molecule has 0 spiro atoms. The van der Waals surface area contributed by atoms with E-state index < -0.39 is 0 Å². The Morgan fingerprint density at radius 3 is 2.78 bits per heavy atom. The molecule has 0 aliphatic carbocycles. The number of hydrogen-bond acceptors (Lipinski definition) is 5. The van der Waals surface area contributed by atoms with Gasteiger partial charge in [0.05, 0.1) is 5.69 Å². The van der Waals surface area contributed by atoms with Crippen LogP contribution in [0.15, 0.2) is 24.5 Å². The molecule has 0 fully saturated rings. The highest BCUT2D eigenvalue weighted by molar-refractivity contribution is 5.65. The smallest absolute Gasteiger partial charge is 0.168 e. The minimum atomic E-state index is 0.335. The Kier molecular flexibility index (Phi) is 3.44. The quantitative estimate of drug-likeness (QED) is 0.848. The molecule has 2 rings (SSSR count). The molecule has 0 saturated heterocycles.